The fraction of sp³-hybridized carbons (Fsp3) is 0.294. The number of phenolic OH excluding ortho intramolecular Hbond substituents is 1. The SMILES string of the molecule is Oc1cccc([C@H]2C[C@@H](O)C[C@@H](c3ccc(F)cc3)O2)c1. The summed E-state index contributed by atoms with van der Waals surface area (Å²) in [5, 5.41) is 19.6. The van der Waals surface area contributed by atoms with Crippen molar-refractivity contribution in [3.8, 4) is 5.75 Å². The fourth-order valence-corrected chi connectivity index (χ4v) is 2.73. The molecule has 0 bridgehead atoms. The Morgan fingerprint density at radius 1 is 0.952 bits per heavy atom. The number of phenols is 1. The molecule has 110 valence electrons. The van der Waals surface area contributed by atoms with Crippen LogP contribution in [0.5, 0.6) is 5.75 Å². The van der Waals surface area contributed by atoms with E-state index < -0.39 is 6.10 Å². The van der Waals surface area contributed by atoms with Gasteiger partial charge in [0.25, 0.3) is 0 Å². The molecule has 0 aliphatic carbocycles. The molecule has 2 aromatic carbocycles. The number of aliphatic hydroxyl groups is 1. The summed E-state index contributed by atoms with van der Waals surface area (Å²) in [7, 11) is 0. The Bertz CT molecular complexity index is 612. The van der Waals surface area contributed by atoms with Crippen molar-refractivity contribution in [1.29, 1.82) is 0 Å². The summed E-state index contributed by atoms with van der Waals surface area (Å²) in [6.45, 7) is 0. The Hall–Kier alpha value is -1.91. The summed E-state index contributed by atoms with van der Waals surface area (Å²) in [5.74, 6) is -0.117. The Morgan fingerprint density at radius 3 is 2.29 bits per heavy atom. The van der Waals surface area contributed by atoms with E-state index in [1.807, 2.05) is 6.07 Å². The highest BCUT2D eigenvalue weighted by atomic mass is 19.1. The molecule has 2 N–H and O–H groups in total. The van der Waals surface area contributed by atoms with E-state index in [9.17, 15) is 14.6 Å². The molecule has 1 heterocycles. The van der Waals surface area contributed by atoms with E-state index in [4.69, 9.17) is 4.74 Å². The van der Waals surface area contributed by atoms with Crippen molar-refractivity contribution < 1.29 is 19.3 Å². The summed E-state index contributed by atoms with van der Waals surface area (Å²) in [6, 6.07) is 13.0. The van der Waals surface area contributed by atoms with Gasteiger partial charge in [-0.2, -0.15) is 0 Å². The maximum absolute atomic E-state index is 13.0. The molecule has 3 atom stereocenters. The molecule has 0 amide bonds. The molecule has 3 nitrogen and oxygen atoms in total. The van der Waals surface area contributed by atoms with Crippen LogP contribution in [0.3, 0.4) is 0 Å². The van der Waals surface area contributed by atoms with Crippen molar-refractivity contribution in [2.24, 2.45) is 0 Å². The van der Waals surface area contributed by atoms with Crippen LogP contribution in [0.4, 0.5) is 4.39 Å². The average molecular weight is 288 g/mol. The van der Waals surface area contributed by atoms with Crippen molar-refractivity contribution in [3.05, 3.63) is 65.5 Å². The van der Waals surface area contributed by atoms with E-state index in [1.165, 1.54) is 12.1 Å². The third-order valence-corrected chi connectivity index (χ3v) is 3.78. The lowest BCUT2D eigenvalue weighted by molar-refractivity contribution is -0.0999. The molecule has 1 aliphatic heterocycles. The number of aromatic hydroxyl groups is 1. The monoisotopic (exact) mass is 288 g/mol. The average Bonchev–Trinajstić information content (AvgIpc) is 2.47. The van der Waals surface area contributed by atoms with Gasteiger partial charge in [0.05, 0.1) is 18.3 Å². The molecule has 0 saturated carbocycles. The Labute approximate surface area is 122 Å². The molecule has 1 aliphatic rings. The van der Waals surface area contributed by atoms with Gasteiger partial charge in [-0.3, -0.25) is 0 Å². The van der Waals surface area contributed by atoms with Gasteiger partial charge >= 0.3 is 0 Å². The highest BCUT2D eigenvalue weighted by Gasteiger charge is 2.30. The lowest BCUT2D eigenvalue weighted by atomic mass is 9.93. The summed E-state index contributed by atoms with van der Waals surface area (Å²) >= 11 is 0. The minimum absolute atomic E-state index is 0.175. The number of halogens is 1. The largest absolute Gasteiger partial charge is 0.508 e. The topological polar surface area (TPSA) is 49.7 Å². The summed E-state index contributed by atoms with van der Waals surface area (Å²) < 4.78 is 19.0. The second-order valence-electron chi connectivity index (χ2n) is 5.39. The zero-order valence-electron chi connectivity index (χ0n) is 11.4. The molecule has 1 fully saturated rings. The van der Waals surface area contributed by atoms with Crippen LogP contribution in [0.15, 0.2) is 48.5 Å². The standard InChI is InChI=1S/C17H17FO3/c18-13-6-4-11(5-7-13)16-9-15(20)10-17(21-16)12-2-1-3-14(19)8-12/h1-8,15-17,19-20H,9-10H2/t15-,16-,17+/m0/s1. The molecule has 0 aromatic heterocycles. The first-order valence-electron chi connectivity index (χ1n) is 7.00. The Morgan fingerprint density at radius 2 is 1.62 bits per heavy atom. The molecule has 4 heteroatoms. The number of rotatable bonds is 2. The second kappa shape index (κ2) is 5.84. The first kappa shape index (κ1) is 14.0. The third kappa shape index (κ3) is 3.23. The zero-order chi connectivity index (χ0) is 14.8. The van der Waals surface area contributed by atoms with Gasteiger partial charge in [0, 0.05) is 12.8 Å². The van der Waals surface area contributed by atoms with E-state index in [1.54, 1.807) is 30.3 Å². The smallest absolute Gasteiger partial charge is 0.123 e. The highest BCUT2D eigenvalue weighted by molar-refractivity contribution is 5.29. The molecular weight excluding hydrogens is 271 g/mol. The van der Waals surface area contributed by atoms with Crippen LogP contribution in [0.1, 0.15) is 36.2 Å². The molecular formula is C17H17FO3. The summed E-state index contributed by atoms with van der Waals surface area (Å²) in [4.78, 5) is 0. The maximum atomic E-state index is 13.0. The van der Waals surface area contributed by atoms with Crippen molar-refractivity contribution in [2.75, 3.05) is 0 Å². The summed E-state index contributed by atoms with van der Waals surface area (Å²) in [5.41, 5.74) is 1.68. The van der Waals surface area contributed by atoms with E-state index in [0.29, 0.717) is 12.8 Å². The normalized spacial score (nSPS) is 25.7. The highest BCUT2D eigenvalue weighted by Crippen LogP contribution is 2.39. The van der Waals surface area contributed by atoms with Gasteiger partial charge in [-0.1, -0.05) is 24.3 Å². The second-order valence-corrected chi connectivity index (χ2v) is 5.39. The molecule has 0 radical (unpaired) electrons. The fourth-order valence-electron chi connectivity index (χ4n) is 2.73. The summed E-state index contributed by atoms with van der Waals surface area (Å²) in [6.07, 6.45) is -0.0685. The van der Waals surface area contributed by atoms with Crippen LogP contribution >= 0.6 is 0 Å². The maximum Gasteiger partial charge on any atom is 0.123 e. The van der Waals surface area contributed by atoms with Crippen molar-refractivity contribution in [2.45, 2.75) is 31.2 Å². The van der Waals surface area contributed by atoms with E-state index in [0.717, 1.165) is 11.1 Å². The van der Waals surface area contributed by atoms with Crippen LogP contribution in [-0.4, -0.2) is 16.3 Å². The predicted octanol–water partition coefficient (Wildman–Crippen LogP) is 3.49. The minimum atomic E-state index is -0.485. The van der Waals surface area contributed by atoms with Crippen LogP contribution in [0, 0.1) is 5.82 Å². The zero-order valence-corrected chi connectivity index (χ0v) is 11.4. The van der Waals surface area contributed by atoms with Gasteiger partial charge in [-0.25, -0.2) is 4.39 Å². The number of hydrogen-bond donors (Lipinski definition) is 2. The van der Waals surface area contributed by atoms with Crippen LogP contribution in [0.2, 0.25) is 0 Å². The molecule has 2 aromatic rings. The van der Waals surface area contributed by atoms with E-state index >= 15 is 0 Å². The van der Waals surface area contributed by atoms with Gasteiger partial charge in [0.2, 0.25) is 0 Å². The van der Waals surface area contributed by atoms with Crippen LogP contribution in [0.25, 0.3) is 0 Å². The lowest BCUT2D eigenvalue weighted by Crippen LogP contribution is -2.26. The Kier molecular flexibility index (Phi) is 3.90. The first-order valence-corrected chi connectivity index (χ1v) is 7.00. The van der Waals surface area contributed by atoms with E-state index in [-0.39, 0.29) is 23.8 Å². The van der Waals surface area contributed by atoms with E-state index in [2.05, 4.69) is 0 Å². The third-order valence-electron chi connectivity index (χ3n) is 3.78. The van der Waals surface area contributed by atoms with Crippen molar-refractivity contribution >= 4 is 0 Å². The van der Waals surface area contributed by atoms with Gasteiger partial charge < -0.3 is 14.9 Å². The van der Waals surface area contributed by atoms with Crippen LogP contribution in [-0.2, 0) is 4.74 Å². The van der Waals surface area contributed by atoms with Gasteiger partial charge in [0.15, 0.2) is 0 Å². The van der Waals surface area contributed by atoms with Gasteiger partial charge in [0.1, 0.15) is 11.6 Å². The van der Waals surface area contributed by atoms with Gasteiger partial charge in [-0.15, -0.1) is 0 Å². The molecule has 0 unspecified atom stereocenters. The number of benzene rings is 2. The number of hydrogen-bond acceptors (Lipinski definition) is 3. The van der Waals surface area contributed by atoms with Crippen molar-refractivity contribution in [1.82, 2.24) is 0 Å². The molecule has 1 saturated heterocycles. The predicted molar refractivity (Wildman–Crippen MR) is 76.3 cm³/mol. The number of ether oxygens (including phenoxy) is 1. The lowest BCUT2D eigenvalue weighted by Gasteiger charge is -2.33. The van der Waals surface area contributed by atoms with Crippen LogP contribution < -0.4 is 0 Å². The Balaban J connectivity index is 1.83. The molecule has 21 heavy (non-hydrogen) atoms. The number of aliphatic hydroxyl groups excluding tert-OH is 1. The van der Waals surface area contributed by atoms with Crippen molar-refractivity contribution in [3.63, 3.8) is 0 Å². The molecule has 0 spiro atoms. The quantitative estimate of drug-likeness (QED) is 0.889. The van der Waals surface area contributed by atoms with Gasteiger partial charge in [-0.05, 0) is 35.4 Å². The minimum Gasteiger partial charge on any atom is -0.508 e. The molecule has 3 rings (SSSR count). The first-order chi connectivity index (χ1) is 10.1.